The number of benzene rings is 2. The van der Waals surface area contributed by atoms with Crippen LogP contribution < -0.4 is 15.4 Å². The van der Waals surface area contributed by atoms with Crippen molar-refractivity contribution < 1.29 is 9.53 Å². The van der Waals surface area contributed by atoms with Gasteiger partial charge in [-0.1, -0.05) is 18.2 Å². The third kappa shape index (κ3) is 4.36. The number of methoxy groups -OCH3 is 1. The quantitative estimate of drug-likeness (QED) is 0.645. The lowest BCUT2D eigenvalue weighted by Crippen LogP contribution is -2.12. The predicted octanol–water partition coefficient (Wildman–Crippen LogP) is 4.85. The van der Waals surface area contributed by atoms with Crippen molar-refractivity contribution in [3.05, 3.63) is 76.9 Å². The van der Waals surface area contributed by atoms with Crippen LogP contribution in [0.3, 0.4) is 0 Å². The Labute approximate surface area is 154 Å². The molecule has 2 aromatic carbocycles. The number of rotatable bonds is 5. The average Bonchev–Trinajstić information content (AvgIpc) is 2.64. The Morgan fingerprint density at radius 3 is 2.64 bits per heavy atom. The topological polar surface area (TPSA) is 63.2 Å². The molecule has 5 nitrogen and oxygen atoms in total. The second-order valence-corrected chi connectivity index (χ2v) is 6.08. The molecule has 0 aliphatic rings. The Balaban J connectivity index is 1.69. The molecule has 0 aliphatic carbocycles. The molecule has 0 atom stereocenters. The van der Waals surface area contributed by atoms with Gasteiger partial charge in [-0.15, -0.1) is 0 Å². The summed E-state index contributed by atoms with van der Waals surface area (Å²) in [6.45, 7) is 0. The van der Waals surface area contributed by atoms with Crippen LogP contribution >= 0.6 is 15.9 Å². The van der Waals surface area contributed by atoms with E-state index in [0.717, 1.165) is 10.2 Å². The van der Waals surface area contributed by atoms with Crippen LogP contribution in [0, 0.1) is 0 Å². The molecule has 3 aromatic rings. The van der Waals surface area contributed by atoms with E-state index in [1.807, 2.05) is 36.4 Å². The second kappa shape index (κ2) is 7.81. The van der Waals surface area contributed by atoms with E-state index in [4.69, 9.17) is 4.74 Å². The highest BCUT2D eigenvalue weighted by atomic mass is 79.9. The zero-order valence-electron chi connectivity index (χ0n) is 13.5. The second-order valence-electron chi connectivity index (χ2n) is 5.22. The molecule has 0 fully saturated rings. The molecule has 0 spiro atoms. The normalized spacial score (nSPS) is 10.2. The highest BCUT2D eigenvalue weighted by Crippen LogP contribution is 2.24. The number of nitrogens with one attached hydrogen (secondary N) is 2. The Bertz CT molecular complexity index is 882. The average molecular weight is 398 g/mol. The number of hydrogen-bond acceptors (Lipinski definition) is 4. The molecule has 0 saturated carbocycles. The molecular weight excluding hydrogens is 382 g/mol. The fourth-order valence-corrected chi connectivity index (χ4v) is 2.59. The summed E-state index contributed by atoms with van der Waals surface area (Å²) >= 11 is 3.48. The van der Waals surface area contributed by atoms with Gasteiger partial charge >= 0.3 is 0 Å². The van der Waals surface area contributed by atoms with Gasteiger partial charge in [-0.25, -0.2) is 4.98 Å². The fraction of sp³-hybridized carbons (Fsp3) is 0.0526. The maximum absolute atomic E-state index is 12.3. The van der Waals surface area contributed by atoms with E-state index in [1.165, 1.54) is 6.20 Å². The molecule has 1 heterocycles. The number of nitrogens with zero attached hydrogens (tertiary/aromatic N) is 1. The van der Waals surface area contributed by atoms with Gasteiger partial charge < -0.3 is 15.4 Å². The van der Waals surface area contributed by atoms with E-state index in [9.17, 15) is 4.79 Å². The standard InChI is InChI=1S/C19H16BrN3O2/c1-25-15-6-4-5-14(11-15)22-19(24)13-9-10-18(21-12-13)23-17-8-3-2-7-16(17)20/h2-12H,1H3,(H,21,23)(H,22,24). The van der Waals surface area contributed by atoms with Gasteiger partial charge in [0.2, 0.25) is 0 Å². The maximum atomic E-state index is 12.3. The largest absolute Gasteiger partial charge is 0.497 e. The van der Waals surface area contributed by atoms with Crippen molar-refractivity contribution in [2.24, 2.45) is 0 Å². The van der Waals surface area contributed by atoms with E-state index < -0.39 is 0 Å². The van der Waals surface area contributed by atoms with Crippen LogP contribution in [0.25, 0.3) is 0 Å². The van der Waals surface area contributed by atoms with Crippen LogP contribution in [0.1, 0.15) is 10.4 Å². The van der Waals surface area contributed by atoms with Crippen molar-refractivity contribution in [2.45, 2.75) is 0 Å². The van der Waals surface area contributed by atoms with E-state index >= 15 is 0 Å². The number of carbonyl (C=O) groups is 1. The molecule has 0 bridgehead atoms. The minimum Gasteiger partial charge on any atom is -0.497 e. The smallest absolute Gasteiger partial charge is 0.257 e. The van der Waals surface area contributed by atoms with E-state index in [-0.39, 0.29) is 5.91 Å². The number of aromatic nitrogens is 1. The third-order valence-electron chi connectivity index (χ3n) is 3.49. The summed E-state index contributed by atoms with van der Waals surface area (Å²) in [4.78, 5) is 16.6. The number of amides is 1. The van der Waals surface area contributed by atoms with Crippen LogP contribution in [0.4, 0.5) is 17.2 Å². The fourth-order valence-electron chi connectivity index (χ4n) is 2.21. The molecule has 25 heavy (non-hydrogen) atoms. The number of ether oxygens (including phenoxy) is 1. The van der Waals surface area contributed by atoms with Crippen molar-refractivity contribution >= 4 is 39.0 Å². The molecule has 0 radical (unpaired) electrons. The van der Waals surface area contributed by atoms with E-state index in [2.05, 4.69) is 31.5 Å². The first-order chi connectivity index (χ1) is 12.2. The first-order valence-electron chi connectivity index (χ1n) is 7.59. The summed E-state index contributed by atoms with van der Waals surface area (Å²) in [5, 5.41) is 6.02. The summed E-state index contributed by atoms with van der Waals surface area (Å²) in [5.74, 6) is 1.11. The minimum absolute atomic E-state index is 0.229. The van der Waals surface area contributed by atoms with Gasteiger partial charge in [0.15, 0.2) is 0 Å². The lowest BCUT2D eigenvalue weighted by atomic mass is 10.2. The SMILES string of the molecule is COc1cccc(NC(=O)c2ccc(Nc3ccccc3Br)nc2)c1. The number of anilines is 3. The molecule has 0 aliphatic heterocycles. The van der Waals surface area contributed by atoms with E-state index in [1.54, 1.807) is 31.4 Å². The van der Waals surface area contributed by atoms with Crippen LogP contribution in [0.15, 0.2) is 71.3 Å². The number of hydrogen-bond donors (Lipinski definition) is 2. The van der Waals surface area contributed by atoms with Crippen molar-refractivity contribution in [2.75, 3.05) is 17.7 Å². The van der Waals surface area contributed by atoms with Gasteiger partial charge in [0, 0.05) is 22.4 Å². The predicted molar refractivity (Wildman–Crippen MR) is 103 cm³/mol. The Kier molecular flexibility index (Phi) is 5.30. The Morgan fingerprint density at radius 2 is 1.92 bits per heavy atom. The Hall–Kier alpha value is -2.86. The van der Waals surface area contributed by atoms with Crippen LogP contribution in [0.2, 0.25) is 0 Å². The van der Waals surface area contributed by atoms with E-state index in [0.29, 0.717) is 22.8 Å². The van der Waals surface area contributed by atoms with Crippen molar-refractivity contribution in [3.63, 3.8) is 0 Å². The number of pyridine rings is 1. The van der Waals surface area contributed by atoms with Gasteiger partial charge in [0.25, 0.3) is 5.91 Å². The summed E-state index contributed by atoms with van der Waals surface area (Å²) in [5.41, 5.74) is 2.05. The maximum Gasteiger partial charge on any atom is 0.257 e. The van der Waals surface area contributed by atoms with Gasteiger partial charge in [0.05, 0.1) is 18.4 Å². The van der Waals surface area contributed by atoms with Crippen LogP contribution in [-0.2, 0) is 0 Å². The van der Waals surface area contributed by atoms with Crippen molar-refractivity contribution in [3.8, 4) is 5.75 Å². The molecule has 1 aromatic heterocycles. The lowest BCUT2D eigenvalue weighted by Gasteiger charge is -2.09. The zero-order chi connectivity index (χ0) is 17.6. The zero-order valence-corrected chi connectivity index (χ0v) is 15.1. The molecule has 2 N–H and O–H groups in total. The highest BCUT2D eigenvalue weighted by molar-refractivity contribution is 9.10. The minimum atomic E-state index is -0.229. The van der Waals surface area contributed by atoms with Crippen molar-refractivity contribution in [1.82, 2.24) is 4.98 Å². The molecular formula is C19H16BrN3O2. The van der Waals surface area contributed by atoms with Gasteiger partial charge in [0.1, 0.15) is 11.6 Å². The molecule has 0 saturated heterocycles. The molecule has 0 unspecified atom stereocenters. The molecule has 1 amide bonds. The van der Waals surface area contributed by atoms with Gasteiger partial charge in [-0.05, 0) is 52.3 Å². The molecule has 3 rings (SSSR count). The Morgan fingerprint density at radius 1 is 1.08 bits per heavy atom. The van der Waals surface area contributed by atoms with Gasteiger partial charge in [-0.3, -0.25) is 4.79 Å². The monoisotopic (exact) mass is 397 g/mol. The first kappa shape index (κ1) is 17.0. The van der Waals surface area contributed by atoms with Crippen molar-refractivity contribution in [1.29, 1.82) is 0 Å². The molecule has 6 heteroatoms. The number of halogens is 1. The highest BCUT2D eigenvalue weighted by Gasteiger charge is 2.08. The first-order valence-corrected chi connectivity index (χ1v) is 8.38. The third-order valence-corrected chi connectivity index (χ3v) is 4.18. The summed E-state index contributed by atoms with van der Waals surface area (Å²) < 4.78 is 6.09. The summed E-state index contributed by atoms with van der Waals surface area (Å²) in [6, 6.07) is 18.4. The van der Waals surface area contributed by atoms with Gasteiger partial charge in [-0.2, -0.15) is 0 Å². The van der Waals surface area contributed by atoms with Crippen LogP contribution in [-0.4, -0.2) is 18.0 Å². The number of para-hydroxylation sites is 1. The summed E-state index contributed by atoms with van der Waals surface area (Å²) in [7, 11) is 1.58. The number of carbonyl (C=O) groups excluding carboxylic acids is 1. The van der Waals surface area contributed by atoms with Crippen LogP contribution in [0.5, 0.6) is 5.75 Å². The lowest BCUT2D eigenvalue weighted by molar-refractivity contribution is 0.102. The summed E-state index contributed by atoms with van der Waals surface area (Å²) in [6.07, 6.45) is 1.54. The molecule has 126 valence electrons.